The lowest BCUT2D eigenvalue weighted by atomic mass is 9.82. The average molecular weight is 740 g/mol. The molecule has 0 aromatic heterocycles. The molecule has 1 heteroatoms. The van der Waals surface area contributed by atoms with Gasteiger partial charge in [0, 0.05) is 22.4 Å². The van der Waals surface area contributed by atoms with Gasteiger partial charge in [0.05, 0.1) is 5.69 Å². The fourth-order valence-electron chi connectivity index (χ4n) is 9.47. The SMILES string of the molecule is CC1(C)c2ccccc2-c2ccc(N(c3ccc(-c4cc5ccccc5c5ccccc45)cc3)c3ccc(-c4ccccc4)cc3-c3ccc4ccccc4c3)cc21. The summed E-state index contributed by atoms with van der Waals surface area (Å²) in [5, 5.41) is 7.55. The monoisotopic (exact) mass is 739 g/mol. The third-order valence-electron chi connectivity index (χ3n) is 12.4. The summed E-state index contributed by atoms with van der Waals surface area (Å²) in [4.78, 5) is 2.47. The molecule has 58 heavy (non-hydrogen) atoms. The van der Waals surface area contributed by atoms with E-state index in [0.29, 0.717) is 0 Å². The first-order chi connectivity index (χ1) is 28.5. The van der Waals surface area contributed by atoms with E-state index in [1.54, 1.807) is 0 Å². The van der Waals surface area contributed by atoms with Gasteiger partial charge in [-0.15, -0.1) is 0 Å². The molecule has 0 heterocycles. The summed E-state index contributed by atoms with van der Waals surface area (Å²) in [6, 6.07) is 78.3. The van der Waals surface area contributed by atoms with Gasteiger partial charge in [0.25, 0.3) is 0 Å². The van der Waals surface area contributed by atoms with Crippen LogP contribution in [0.25, 0.3) is 76.8 Å². The van der Waals surface area contributed by atoms with Crippen molar-refractivity contribution in [2.24, 2.45) is 0 Å². The van der Waals surface area contributed by atoms with Crippen molar-refractivity contribution in [3.63, 3.8) is 0 Å². The molecular formula is C57H41N. The number of anilines is 3. The van der Waals surface area contributed by atoms with Crippen molar-refractivity contribution < 1.29 is 0 Å². The normalized spacial score (nSPS) is 12.8. The first kappa shape index (κ1) is 34.1. The van der Waals surface area contributed by atoms with Crippen LogP contribution >= 0.6 is 0 Å². The molecule has 0 spiro atoms. The minimum absolute atomic E-state index is 0.132. The van der Waals surface area contributed by atoms with Crippen LogP contribution in [0.15, 0.2) is 212 Å². The van der Waals surface area contributed by atoms with Crippen molar-refractivity contribution in [3.05, 3.63) is 223 Å². The molecule has 11 rings (SSSR count). The summed E-state index contributed by atoms with van der Waals surface area (Å²) in [6.45, 7) is 4.73. The summed E-state index contributed by atoms with van der Waals surface area (Å²) in [5.41, 5.74) is 15.8. The van der Waals surface area contributed by atoms with Crippen molar-refractivity contribution in [2.75, 3.05) is 4.90 Å². The third-order valence-corrected chi connectivity index (χ3v) is 12.4. The summed E-state index contributed by atoms with van der Waals surface area (Å²) in [5.74, 6) is 0. The van der Waals surface area contributed by atoms with E-state index in [9.17, 15) is 0 Å². The van der Waals surface area contributed by atoms with E-state index < -0.39 is 0 Å². The first-order valence-corrected chi connectivity index (χ1v) is 20.3. The highest BCUT2D eigenvalue weighted by Crippen LogP contribution is 2.52. The minimum Gasteiger partial charge on any atom is -0.310 e. The highest BCUT2D eigenvalue weighted by molar-refractivity contribution is 6.13. The maximum atomic E-state index is 2.47. The van der Waals surface area contributed by atoms with Gasteiger partial charge in [0.1, 0.15) is 0 Å². The van der Waals surface area contributed by atoms with Crippen LogP contribution in [-0.4, -0.2) is 0 Å². The number of fused-ring (bicyclic) bond motifs is 7. The van der Waals surface area contributed by atoms with Crippen LogP contribution in [0.4, 0.5) is 17.1 Å². The van der Waals surface area contributed by atoms with Crippen LogP contribution in [0.5, 0.6) is 0 Å². The van der Waals surface area contributed by atoms with Crippen molar-refractivity contribution in [3.8, 4) is 44.5 Å². The number of hydrogen-bond acceptors (Lipinski definition) is 1. The Morgan fingerprint density at radius 3 is 1.76 bits per heavy atom. The fourth-order valence-corrected chi connectivity index (χ4v) is 9.47. The van der Waals surface area contributed by atoms with Gasteiger partial charge in [-0.1, -0.05) is 178 Å². The van der Waals surface area contributed by atoms with E-state index in [-0.39, 0.29) is 5.41 Å². The predicted octanol–water partition coefficient (Wildman–Crippen LogP) is 15.9. The van der Waals surface area contributed by atoms with Gasteiger partial charge in [0.15, 0.2) is 0 Å². The second-order valence-corrected chi connectivity index (χ2v) is 16.1. The lowest BCUT2D eigenvalue weighted by Gasteiger charge is -2.30. The van der Waals surface area contributed by atoms with Gasteiger partial charge < -0.3 is 4.90 Å². The molecule has 1 nitrogen and oxygen atoms in total. The van der Waals surface area contributed by atoms with E-state index in [1.165, 1.54) is 88.0 Å². The molecule has 274 valence electrons. The Balaban J connectivity index is 1.13. The fraction of sp³-hybridized carbons (Fsp3) is 0.0526. The molecule has 0 bridgehead atoms. The number of hydrogen-bond donors (Lipinski definition) is 0. The molecule has 1 aliphatic rings. The van der Waals surface area contributed by atoms with Crippen LogP contribution in [0.3, 0.4) is 0 Å². The van der Waals surface area contributed by atoms with Gasteiger partial charge in [0.2, 0.25) is 0 Å². The largest absolute Gasteiger partial charge is 0.310 e. The topological polar surface area (TPSA) is 3.24 Å². The van der Waals surface area contributed by atoms with E-state index in [1.807, 2.05) is 0 Å². The molecule has 0 saturated heterocycles. The molecule has 0 fully saturated rings. The van der Waals surface area contributed by atoms with Crippen LogP contribution in [0, 0.1) is 0 Å². The summed E-state index contributed by atoms with van der Waals surface area (Å²) < 4.78 is 0. The second-order valence-electron chi connectivity index (χ2n) is 16.1. The highest BCUT2D eigenvalue weighted by atomic mass is 15.1. The molecule has 0 aliphatic heterocycles. The Morgan fingerprint density at radius 1 is 0.310 bits per heavy atom. The molecule has 0 atom stereocenters. The Hall–Kier alpha value is -7.22. The van der Waals surface area contributed by atoms with Crippen LogP contribution < -0.4 is 4.90 Å². The van der Waals surface area contributed by atoms with Gasteiger partial charge in [-0.2, -0.15) is 0 Å². The smallest absolute Gasteiger partial charge is 0.0540 e. The van der Waals surface area contributed by atoms with Gasteiger partial charge >= 0.3 is 0 Å². The van der Waals surface area contributed by atoms with Crippen molar-refractivity contribution in [1.29, 1.82) is 0 Å². The maximum Gasteiger partial charge on any atom is 0.0540 e. The molecular weight excluding hydrogens is 699 g/mol. The van der Waals surface area contributed by atoms with E-state index >= 15 is 0 Å². The molecule has 0 radical (unpaired) electrons. The molecule has 1 aliphatic carbocycles. The molecule has 0 N–H and O–H groups in total. The average Bonchev–Trinajstić information content (AvgIpc) is 3.52. The van der Waals surface area contributed by atoms with Crippen molar-refractivity contribution in [2.45, 2.75) is 19.3 Å². The standard InChI is InChI=1S/C57H41N/c1-57(2)54-23-13-12-22-50(54)51-32-31-46(37-55(51)57)58(45-29-26-40(27-30-45)52-36-43-18-8-9-19-47(43)48-20-10-11-21-49(48)52)56-33-28-42(38-14-4-3-5-15-38)35-53(56)44-25-24-39-16-6-7-17-41(39)34-44/h3-37H,1-2H3. The van der Waals surface area contributed by atoms with Crippen LogP contribution in [-0.2, 0) is 5.41 Å². The zero-order chi connectivity index (χ0) is 38.8. The summed E-state index contributed by atoms with van der Waals surface area (Å²) >= 11 is 0. The molecule has 0 amide bonds. The lowest BCUT2D eigenvalue weighted by molar-refractivity contribution is 0.660. The maximum absolute atomic E-state index is 2.47. The van der Waals surface area contributed by atoms with Crippen molar-refractivity contribution >= 4 is 49.4 Å². The predicted molar refractivity (Wildman–Crippen MR) is 248 cm³/mol. The Bertz CT molecular complexity index is 3190. The Morgan fingerprint density at radius 2 is 0.931 bits per heavy atom. The summed E-state index contributed by atoms with van der Waals surface area (Å²) in [7, 11) is 0. The zero-order valence-corrected chi connectivity index (χ0v) is 32.7. The van der Waals surface area contributed by atoms with Gasteiger partial charge in [-0.3, -0.25) is 0 Å². The summed E-state index contributed by atoms with van der Waals surface area (Å²) in [6.07, 6.45) is 0. The Kier molecular flexibility index (Phi) is 7.91. The van der Waals surface area contributed by atoms with Crippen LogP contribution in [0.2, 0.25) is 0 Å². The number of benzene rings is 10. The number of nitrogens with zero attached hydrogens (tertiary/aromatic N) is 1. The molecule has 10 aromatic carbocycles. The van der Waals surface area contributed by atoms with E-state index in [0.717, 1.165) is 17.1 Å². The molecule has 0 unspecified atom stereocenters. The third kappa shape index (κ3) is 5.54. The van der Waals surface area contributed by atoms with Crippen molar-refractivity contribution in [1.82, 2.24) is 0 Å². The van der Waals surface area contributed by atoms with E-state index in [2.05, 4.69) is 231 Å². The molecule has 0 saturated carbocycles. The zero-order valence-electron chi connectivity index (χ0n) is 32.7. The first-order valence-electron chi connectivity index (χ1n) is 20.3. The van der Waals surface area contributed by atoms with E-state index in [4.69, 9.17) is 0 Å². The lowest BCUT2D eigenvalue weighted by Crippen LogP contribution is -2.17. The van der Waals surface area contributed by atoms with Gasteiger partial charge in [-0.05, 0) is 131 Å². The second kappa shape index (κ2) is 13.5. The highest BCUT2D eigenvalue weighted by Gasteiger charge is 2.36. The van der Waals surface area contributed by atoms with Crippen LogP contribution in [0.1, 0.15) is 25.0 Å². The molecule has 10 aromatic rings. The van der Waals surface area contributed by atoms with Gasteiger partial charge in [-0.25, -0.2) is 0 Å². The quantitative estimate of drug-likeness (QED) is 0.154. The Labute approximate surface area is 340 Å². The minimum atomic E-state index is -0.132. The number of rotatable bonds is 6.